The Morgan fingerprint density at radius 1 is 1.31 bits per heavy atom. The van der Waals surface area contributed by atoms with Crippen LogP contribution in [-0.2, 0) is 20.9 Å². The molecule has 1 saturated heterocycles. The number of benzene rings is 1. The van der Waals surface area contributed by atoms with Crippen molar-refractivity contribution in [1.82, 2.24) is 14.7 Å². The van der Waals surface area contributed by atoms with Gasteiger partial charge in [0.25, 0.3) is 0 Å². The lowest BCUT2D eigenvalue weighted by Gasteiger charge is -2.37. The Hall–Kier alpha value is -2.16. The van der Waals surface area contributed by atoms with Gasteiger partial charge < -0.3 is 4.74 Å². The van der Waals surface area contributed by atoms with Crippen LogP contribution in [0, 0.1) is 11.7 Å². The molecule has 2 heterocycles. The van der Waals surface area contributed by atoms with Gasteiger partial charge in [0.05, 0.1) is 19.3 Å². The second-order valence-electron chi connectivity index (χ2n) is 8.14. The van der Waals surface area contributed by atoms with Gasteiger partial charge in [-0.25, -0.2) is 4.39 Å². The zero-order chi connectivity index (χ0) is 22.0. The maximum Gasteiger partial charge on any atom is 0.327 e. The highest BCUT2D eigenvalue weighted by Crippen LogP contribution is 2.39. The molecule has 32 heavy (non-hydrogen) atoms. The molecule has 2 atom stereocenters. The third-order valence-electron chi connectivity index (χ3n) is 5.84. The molecule has 0 amide bonds. The summed E-state index contributed by atoms with van der Waals surface area (Å²) in [7, 11) is 1.34. The number of Topliss-reactive ketones (excluding diaryl/α,β-unsaturated/α-hetero) is 1. The second kappa shape index (κ2) is 10.6. The highest BCUT2D eigenvalue weighted by atomic mass is 35.5. The number of thiol groups is 1. The highest BCUT2D eigenvalue weighted by Gasteiger charge is 2.40. The SMILES string of the molecule is COC(=O)Cn1cc(/C=C2\CN(C(C(=O)C3CC3)c3ccccc3F)CCC2S)cn1.Cl. The molecule has 2 aromatic rings. The zero-order valence-electron chi connectivity index (χ0n) is 17.8. The summed E-state index contributed by atoms with van der Waals surface area (Å²) in [6, 6.07) is 5.98. The first-order valence-corrected chi connectivity index (χ1v) is 11.0. The Bertz CT molecular complexity index is 1010. The molecule has 0 bridgehead atoms. The van der Waals surface area contributed by atoms with E-state index >= 15 is 0 Å². The van der Waals surface area contributed by atoms with Crippen LogP contribution in [0.3, 0.4) is 0 Å². The van der Waals surface area contributed by atoms with Crippen molar-refractivity contribution < 1.29 is 18.7 Å². The average molecular weight is 480 g/mol. The molecule has 1 aromatic heterocycles. The summed E-state index contributed by atoms with van der Waals surface area (Å²) in [5.41, 5.74) is 2.33. The van der Waals surface area contributed by atoms with Gasteiger partial charge >= 0.3 is 5.97 Å². The summed E-state index contributed by atoms with van der Waals surface area (Å²) in [5.74, 6) is -0.580. The third kappa shape index (κ3) is 5.60. The number of esters is 1. The molecule has 0 N–H and O–H groups in total. The van der Waals surface area contributed by atoms with E-state index < -0.39 is 6.04 Å². The fourth-order valence-electron chi connectivity index (χ4n) is 4.02. The minimum atomic E-state index is -0.583. The molecule has 0 spiro atoms. The predicted octanol–water partition coefficient (Wildman–Crippen LogP) is 3.72. The van der Waals surface area contributed by atoms with Gasteiger partial charge in [0.2, 0.25) is 0 Å². The van der Waals surface area contributed by atoms with Crippen molar-refractivity contribution >= 4 is 42.9 Å². The van der Waals surface area contributed by atoms with E-state index in [1.165, 1.54) is 17.9 Å². The topological polar surface area (TPSA) is 64.4 Å². The summed E-state index contributed by atoms with van der Waals surface area (Å²) in [6.45, 7) is 1.24. The van der Waals surface area contributed by atoms with E-state index in [0.29, 0.717) is 18.7 Å². The minimum absolute atomic E-state index is 0. The fourth-order valence-corrected chi connectivity index (χ4v) is 4.30. The maximum atomic E-state index is 14.6. The van der Waals surface area contributed by atoms with E-state index in [1.807, 2.05) is 6.08 Å². The summed E-state index contributed by atoms with van der Waals surface area (Å²) < 4.78 is 20.8. The first-order valence-electron chi connectivity index (χ1n) is 10.5. The zero-order valence-corrected chi connectivity index (χ0v) is 19.5. The molecule has 1 aliphatic heterocycles. The van der Waals surface area contributed by atoms with Gasteiger partial charge in [0.1, 0.15) is 12.4 Å². The molecular weight excluding hydrogens is 453 g/mol. The Labute approximate surface area is 198 Å². The quantitative estimate of drug-likeness (QED) is 0.484. The molecule has 172 valence electrons. The number of rotatable bonds is 7. The van der Waals surface area contributed by atoms with Crippen molar-refractivity contribution in [3.8, 4) is 0 Å². The first kappa shape index (κ1) is 24.5. The number of hydrogen-bond donors (Lipinski definition) is 1. The third-order valence-corrected chi connectivity index (χ3v) is 6.43. The van der Waals surface area contributed by atoms with E-state index in [9.17, 15) is 14.0 Å². The molecule has 1 saturated carbocycles. The smallest absolute Gasteiger partial charge is 0.327 e. The van der Waals surface area contributed by atoms with Gasteiger partial charge in [-0.2, -0.15) is 17.7 Å². The Morgan fingerprint density at radius 2 is 2.06 bits per heavy atom. The molecule has 4 rings (SSSR count). The number of hydrogen-bond acceptors (Lipinski definition) is 6. The van der Waals surface area contributed by atoms with Gasteiger partial charge in [-0.05, 0) is 30.9 Å². The van der Waals surface area contributed by atoms with Crippen LogP contribution in [0.4, 0.5) is 4.39 Å². The normalized spacial score (nSPS) is 21.1. The van der Waals surface area contributed by atoms with Crippen molar-refractivity contribution in [3.63, 3.8) is 0 Å². The minimum Gasteiger partial charge on any atom is -0.468 e. The lowest BCUT2D eigenvalue weighted by Crippen LogP contribution is -2.42. The summed E-state index contributed by atoms with van der Waals surface area (Å²) in [4.78, 5) is 26.7. The second-order valence-corrected chi connectivity index (χ2v) is 8.77. The molecule has 0 radical (unpaired) electrons. The molecule has 2 unspecified atom stereocenters. The van der Waals surface area contributed by atoms with Crippen molar-refractivity contribution in [2.75, 3.05) is 20.2 Å². The molecule has 2 fully saturated rings. The predicted molar refractivity (Wildman–Crippen MR) is 125 cm³/mol. The molecule has 1 aromatic carbocycles. The van der Waals surface area contributed by atoms with Crippen LogP contribution in [0.25, 0.3) is 6.08 Å². The van der Waals surface area contributed by atoms with Crippen LogP contribution in [0.2, 0.25) is 0 Å². The van der Waals surface area contributed by atoms with Crippen LogP contribution in [0.15, 0.2) is 42.2 Å². The van der Waals surface area contributed by atoms with E-state index in [4.69, 9.17) is 12.6 Å². The summed E-state index contributed by atoms with van der Waals surface area (Å²) in [5, 5.41) is 4.24. The van der Waals surface area contributed by atoms with Crippen LogP contribution >= 0.6 is 25.0 Å². The summed E-state index contributed by atoms with van der Waals surface area (Å²) >= 11 is 4.73. The van der Waals surface area contributed by atoms with Gasteiger partial charge in [-0.1, -0.05) is 24.3 Å². The standard InChI is InChI=1S/C23H26FN3O3S.ClH/c1-30-21(28)14-27-12-15(11-25-27)10-17-13-26(9-8-20(17)31)22(23(29)16-6-7-16)18-4-2-3-5-19(18)24;/h2-5,10-12,16,20,22,31H,6-9,13-14H2,1H3;1H/b17-10+;. The van der Waals surface area contributed by atoms with Crippen LogP contribution in [0.1, 0.15) is 36.4 Å². The number of ether oxygens (including phenoxy) is 1. The number of carbonyl (C=O) groups is 2. The number of likely N-dealkylation sites (tertiary alicyclic amines) is 1. The lowest BCUT2D eigenvalue weighted by atomic mass is 9.93. The van der Waals surface area contributed by atoms with Gasteiger partial charge in [-0.3, -0.25) is 19.2 Å². The number of aromatic nitrogens is 2. The van der Waals surface area contributed by atoms with Crippen molar-refractivity contribution in [3.05, 3.63) is 59.2 Å². The highest BCUT2D eigenvalue weighted by molar-refractivity contribution is 7.81. The van der Waals surface area contributed by atoms with Crippen molar-refractivity contribution in [1.29, 1.82) is 0 Å². The Morgan fingerprint density at radius 3 is 2.75 bits per heavy atom. The van der Waals surface area contributed by atoms with Crippen LogP contribution < -0.4 is 0 Å². The number of nitrogens with zero attached hydrogens (tertiary/aromatic N) is 3. The molecular formula is C23H27ClFN3O3S. The molecule has 2 aliphatic rings. The van der Waals surface area contributed by atoms with E-state index in [1.54, 1.807) is 30.6 Å². The lowest BCUT2D eigenvalue weighted by molar-refractivity contribution is -0.141. The largest absolute Gasteiger partial charge is 0.468 e. The maximum absolute atomic E-state index is 14.6. The molecule has 6 nitrogen and oxygen atoms in total. The average Bonchev–Trinajstić information content (AvgIpc) is 3.53. The number of piperidine rings is 1. The number of ketones is 1. The monoisotopic (exact) mass is 479 g/mol. The van der Waals surface area contributed by atoms with Gasteiger partial charge in [0, 0.05) is 41.6 Å². The van der Waals surface area contributed by atoms with Crippen LogP contribution in [-0.4, -0.2) is 51.9 Å². The van der Waals surface area contributed by atoms with E-state index in [0.717, 1.165) is 30.4 Å². The van der Waals surface area contributed by atoms with Gasteiger partial charge in [-0.15, -0.1) is 12.4 Å². The number of halogens is 2. The van der Waals surface area contributed by atoms with E-state index in [2.05, 4.69) is 14.7 Å². The number of carbonyl (C=O) groups excluding carboxylic acids is 2. The Kier molecular flexibility index (Phi) is 8.14. The Balaban J connectivity index is 0.00000289. The van der Waals surface area contributed by atoms with E-state index in [-0.39, 0.29) is 47.7 Å². The summed E-state index contributed by atoms with van der Waals surface area (Å²) in [6.07, 6.45) is 7.97. The molecule has 1 aliphatic carbocycles. The molecule has 9 heteroatoms. The number of methoxy groups -OCH3 is 1. The fraction of sp³-hybridized carbons (Fsp3) is 0.435. The van der Waals surface area contributed by atoms with Crippen LogP contribution in [0.5, 0.6) is 0 Å². The van der Waals surface area contributed by atoms with Gasteiger partial charge in [0.15, 0.2) is 5.78 Å². The van der Waals surface area contributed by atoms with Crippen molar-refractivity contribution in [2.45, 2.75) is 37.1 Å². The van der Waals surface area contributed by atoms with Crippen molar-refractivity contribution in [2.24, 2.45) is 5.92 Å². The first-order chi connectivity index (χ1) is 15.0.